The highest BCUT2D eigenvalue weighted by atomic mass is 16.2. The molecule has 3 N–H and O–H groups in total. The Morgan fingerprint density at radius 1 is 1.55 bits per heavy atom. The van der Waals surface area contributed by atoms with Crippen LogP contribution in [0.3, 0.4) is 0 Å². The van der Waals surface area contributed by atoms with E-state index in [1.54, 1.807) is 5.01 Å². The molecule has 0 radical (unpaired) electrons. The predicted octanol–water partition coefficient (Wildman–Crippen LogP) is -1.12. The summed E-state index contributed by atoms with van der Waals surface area (Å²) in [4.78, 5) is 10.2. The van der Waals surface area contributed by atoms with Crippen LogP contribution in [0.25, 0.3) is 0 Å². The van der Waals surface area contributed by atoms with Gasteiger partial charge < -0.3 is 5.32 Å². The summed E-state index contributed by atoms with van der Waals surface area (Å²) in [7, 11) is 0. The number of hydrazine groups is 2. The van der Waals surface area contributed by atoms with E-state index in [2.05, 4.69) is 5.32 Å². The Labute approximate surface area is 66.1 Å². The minimum atomic E-state index is 0.618. The van der Waals surface area contributed by atoms with Crippen LogP contribution >= 0.6 is 0 Å². The van der Waals surface area contributed by atoms with Gasteiger partial charge in [-0.2, -0.15) is 5.01 Å². The van der Waals surface area contributed by atoms with Crippen LogP contribution in [0.2, 0.25) is 0 Å². The van der Waals surface area contributed by atoms with Crippen molar-refractivity contribution >= 4 is 6.41 Å². The Morgan fingerprint density at radius 2 is 2.36 bits per heavy atom. The molecule has 0 aromatic carbocycles. The number of hydrogen-bond acceptors (Lipinski definition) is 4. The van der Waals surface area contributed by atoms with Crippen LogP contribution in [0.4, 0.5) is 0 Å². The average Bonchev–Trinajstić information content (AvgIpc) is 2.30. The summed E-state index contributed by atoms with van der Waals surface area (Å²) in [5, 5.41) is 6.03. The van der Waals surface area contributed by atoms with Gasteiger partial charge in [-0.05, 0) is 19.4 Å². The lowest BCUT2D eigenvalue weighted by Crippen LogP contribution is -2.49. The molecule has 0 aromatic rings. The van der Waals surface area contributed by atoms with Crippen molar-refractivity contribution < 1.29 is 4.79 Å². The van der Waals surface area contributed by atoms with Crippen molar-refractivity contribution in [3.05, 3.63) is 0 Å². The summed E-state index contributed by atoms with van der Waals surface area (Å²) in [5.41, 5.74) is 0. The van der Waals surface area contributed by atoms with Gasteiger partial charge in [-0.15, -0.1) is 0 Å². The second-order valence-corrected chi connectivity index (χ2v) is 2.58. The summed E-state index contributed by atoms with van der Waals surface area (Å²) in [6.07, 6.45) is 2.84. The first-order valence-corrected chi connectivity index (χ1v) is 3.79. The van der Waals surface area contributed by atoms with Gasteiger partial charge in [0, 0.05) is 6.54 Å². The third-order valence-electron chi connectivity index (χ3n) is 1.75. The molecule has 1 rings (SSSR count). The second-order valence-electron chi connectivity index (χ2n) is 2.58. The van der Waals surface area contributed by atoms with Gasteiger partial charge in [-0.25, -0.2) is 11.0 Å². The van der Waals surface area contributed by atoms with Crippen molar-refractivity contribution in [3.8, 4) is 0 Å². The third-order valence-corrected chi connectivity index (χ3v) is 1.75. The lowest BCUT2D eigenvalue weighted by molar-refractivity contribution is -0.135. The lowest BCUT2D eigenvalue weighted by atomic mass is 10.3. The molecule has 0 bridgehead atoms. The first kappa shape index (κ1) is 8.45. The number of carbonyl (C=O) groups is 1. The molecule has 64 valence electrons. The lowest BCUT2D eigenvalue weighted by Gasteiger charge is -2.25. The molecule has 0 saturated carbocycles. The van der Waals surface area contributed by atoms with Gasteiger partial charge in [0.25, 0.3) is 0 Å². The highest BCUT2D eigenvalue weighted by molar-refractivity contribution is 5.44. The number of rotatable bonds is 2. The van der Waals surface area contributed by atoms with E-state index in [4.69, 9.17) is 5.84 Å². The quantitative estimate of drug-likeness (QED) is 0.231. The Balaban J connectivity index is 2.35. The van der Waals surface area contributed by atoms with Gasteiger partial charge in [-0.1, -0.05) is 0 Å². The number of carbonyl (C=O) groups excluding carboxylic acids is 1. The molecule has 0 aromatic heterocycles. The Kier molecular flexibility index (Phi) is 3.28. The maximum atomic E-state index is 10.2. The van der Waals surface area contributed by atoms with E-state index in [1.807, 2.05) is 0 Å². The van der Waals surface area contributed by atoms with Gasteiger partial charge in [0.2, 0.25) is 6.41 Å². The van der Waals surface area contributed by atoms with E-state index >= 15 is 0 Å². The normalized spacial score (nSPS) is 20.8. The molecule has 11 heavy (non-hydrogen) atoms. The first-order chi connectivity index (χ1) is 5.34. The van der Waals surface area contributed by atoms with E-state index in [9.17, 15) is 4.79 Å². The second kappa shape index (κ2) is 4.27. The highest BCUT2D eigenvalue weighted by Crippen LogP contribution is 1.98. The van der Waals surface area contributed by atoms with Gasteiger partial charge in [0.05, 0.1) is 6.67 Å². The summed E-state index contributed by atoms with van der Waals surface area (Å²) in [6, 6.07) is 0. The van der Waals surface area contributed by atoms with Crippen molar-refractivity contribution in [1.82, 2.24) is 15.4 Å². The van der Waals surface area contributed by atoms with Crippen LogP contribution in [0.5, 0.6) is 0 Å². The van der Waals surface area contributed by atoms with Crippen molar-refractivity contribution in [2.45, 2.75) is 12.8 Å². The fourth-order valence-electron chi connectivity index (χ4n) is 1.10. The van der Waals surface area contributed by atoms with Gasteiger partial charge in [0.15, 0.2) is 0 Å². The smallest absolute Gasteiger partial charge is 0.238 e. The Morgan fingerprint density at radius 3 is 3.09 bits per heavy atom. The summed E-state index contributed by atoms with van der Waals surface area (Å²) in [5.74, 6) is 5.37. The molecule has 0 aliphatic carbocycles. The van der Waals surface area contributed by atoms with E-state index < -0.39 is 0 Å². The van der Waals surface area contributed by atoms with Crippen LogP contribution in [-0.4, -0.2) is 36.3 Å². The van der Waals surface area contributed by atoms with E-state index in [-0.39, 0.29) is 0 Å². The summed E-state index contributed by atoms with van der Waals surface area (Å²) >= 11 is 0. The zero-order chi connectivity index (χ0) is 8.10. The van der Waals surface area contributed by atoms with Crippen molar-refractivity contribution in [3.63, 3.8) is 0 Å². The van der Waals surface area contributed by atoms with E-state index in [1.165, 1.54) is 0 Å². The molecule has 0 unspecified atom stereocenters. The Hall–Kier alpha value is -0.650. The van der Waals surface area contributed by atoms with Gasteiger partial charge in [0.1, 0.15) is 0 Å². The minimum Gasteiger partial charge on any atom is -0.303 e. The summed E-state index contributed by atoms with van der Waals surface area (Å²) < 4.78 is 0. The number of nitrogens with one attached hydrogen (secondary N) is 1. The minimum absolute atomic E-state index is 0.618. The molecule has 0 atom stereocenters. The molecule has 5 heteroatoms. The van der Waals surface area contributed by atoms with Gasteiger partial charge in [-0.3, -0.25) is 4.79 Å². The summed E-state index contributed by atoms with van der Waals surface area (Å²) in [6.45, 7) is 2.51. The number of amides is 1. The molecule has 1 fully saturated rings. The molecule has 1 amide bonds. The molecule has 0 spiro atoms. The fourth-order valence-corrected chi connectivity index (χ4v) is 1.10. The van der Waals surface area contributed by atoms with E-state index in [0.29, 0.717) is 13.1 Å². The molecule has 1 aliphatic rings. The van der Waals surface area contributed by atoms with Gasteiger partial charge >= 0.3 is 0 Å². The molecule has 1 aliphatic heterocycles. The molecule has 1 saturated heterocycles. The fraction of sp³-hybridized carbons (Fsp3) is 0.833. The van der Waals surface area contributed by atoms with Crippen LogP contribution in [0, 0.1) is 0 Å². The molecule has 1 heterocycles. The van der Waals surface area contributed by atoms with Crippen LogP contribution in [0.15, 0.2) is 0 Å². The number of nitrogens with zero attached hydrogens (tertiary/aromatic N) is 2. The zero-order valence-corrected chi connectivity index (χ0v) is 6.49. The highest BCUT2D eigenvalue weighted by Gasteiger charge is 2.11. The molecule has 5 nitrogen and oxygen atoms in total. The number of nitrogens with two attached hydrogens (primary N) is 1. The molecular weight excluding hydrogens is 144 g/mol. The topological polar surface area (TPSA) is 61.6 Å². The van der Waals surface area contributed by atoms with Crippen LogP contribution in [0.1, 0.15) is 12.8 Å². The van der Waals surface area contributed by atoms with Crippen LogP contribution < -0.4 is 11.2 Å². The average molecular weight is 158 g/mol. The van der Waals surface area contributed by atoms with Crippen LogP contribution in [-0.2, 0) is 4.79 Å². The molecular formula is C6H14N4O. The standard InChI is InChI=1S/C6H14N4O/c7-10(6-11)9-4-2-1-3-8-5-9/h6,8H,1-5,7H2. The first-order valence-electron chi connectivity index (χ1n) is 3.79. The predicted molar refractivity (Wildman–Crippen MR) is 40.9 cm³/mol. The third kappa shape index (κ3) is 2.45. The maximum Gasteiger partial charge on any atom is 0.238 e. The maximum absolute atomic E-state index is 10.2. The Bertz CT molecular complexity index is 122. The monoisotopic (exact) mass is 158 g/mol. The van der Waals surface area contributed by atoms with E-state index in [0.717, 1.165) is 31.0 Å². The van der Waals surface area contributed by atoms with Crippen molar-refractivity contribution in [1.29, 1.82) is 0 Å². The largest absolute Gasteiger partial charge is 0.303 e. The van der Waals surface area contributed by atoms with Crippen molar-refractivity contribution in [2.24, 2.45) is 5.84 Å². The zero-order valence-electron chi connectivity index (χ0n) is 6.49. The number of hydrogen-bond donors (Lipinski definition) is 2. The van der Waals surface area contributed by atoms with Crippen molar-refractivity contribution in [2.75, 3.05) is 19.8 Å². The SMILES string of the molecule is NN(C=O)N1CCCCNC1.